The summed E-state index contributed by atoms with van der Waals surface area (Å²) in [5.41, 5.74) is 5.33. The third kappa shape index (κ3) is 3.94. The van der Waals surface area contributed by atoms with Crippen LogP contribution in [0.25, 0.3) is 10.2 Å². The Hall–Kier alpha value is -2.24. The molecule has 0 saturated carbocycles. The Morgan fingerprint density at radius 3 is 2.50 bits per heavy atom. The molecular weight excluding hydrogens is 342 g/mol. The van der Waals surface area contributed by atoms with Crippen molar-refractivity contribution in [3.8, 4) is 0 Å². The fraction of sp³-hybridized carbons (Fsp3) is 0.333. The minimum Gasteiger partial charge on any atom is -0.324 e. The predicted molar refractivity (Wildman–Crippen MR) is 110 cm³/mol. The lowest BCUT2D eigenvalue weighted by molar-refractivity contribution is -0.120. The molecule has 0 unspecified atom stereocenters. The van der Waals surface area contributed by atoms with Crippen LogP contribution in [0.1, 0.15) is 28.6 Å². The molecule has 3 rings (SSSR count). The van der Waals surface area contributed by atoms with E-state index in [1.807, 2.05) is 50.9 Å². The van der Waals surface area contributed by atoms with E-state index in [-0.39, 0.29) is 11.9 Å². The highest BCUT2D eigenvalue weighted by molar-refractivity contribution is 7.18. The maximum atomic E-state index is 12.7. The first-order chi connectivity index (χ1) is 12.3. The number of fused-ring (bicyclic) bond motifs is 1. The highest BCUT2D eigenvalue weighted by Gasteiger charge is 2.20. The van der Waals surface area contributed by atoms with Crippen LogP contribution in [0.15, 0.2) is 36.4 Å². The van der Waals surface area contributed by atoms with E-state index in [4.69, 9.17) is 0 Å². The lowest BCUT2D eigenvalue weighted by atomic mass is 10.0. The summed E-state index contributed by atoms with van der Waals surface area (Å²) in [4.78, 5) is 19.4. The lowest BCUT2D eigenvalue weighted by Crippen LogP contribution is -2.39. The molecule has 1 heterocycles. The van der Waals surface area contributed by atoms with Crippen LogP contribution in [0.4, 0.5) is 5.69 Å². The number of carbonyl (C=O) groups is 1. The number of anilines is 1. The highest BCUT2D eigenvalue weighted by atomic mass is 32.1. The van der Waals surface area contributed by atoms with Gasteiger partial charge in [-0.15, -0.1) is 11.3 Å². The quantitative estimate of drug-likeness (QED) is 0.712. The fourth-order valence-corrected chi connectivity index (χ4v) is 4.17. The largest absolute Gasteiger partial charge is 0.324 e. The normalized spacial score (nSPS) is 12.5. The number of hydrogen-bond donors (Lipinski definition) is 1. The average molecular weight is 368 g/mol. The molecule has 0 aliphatic carbocycles. The molecule has 1 N–H and O–H groups in total. The second-order valence-corrected chi connectivity index (χ2v) is 8.04. The van der Waals surface area contributed by atoms with Gasteiger partial charge >= 0.3 is 0 Å². The van der Waals surface area contributed by atoms with Gasteiger partial charge in [0.15, 0.2) is 0 Å². The Balaban J connectivity index is 1.69. The summed E-state index contributed by atoms with van der Waals surface area (Å²) in [5.74, 6) is 0.00339. The number of aromatic nitrogens is 1. The molecule has 0 aliphatic rings. The first kappa shape index (κ1) is 18.5. The Morgan fingerprint density at radius 1 is 1.19 bits per heavy atom. The van der Waals surface area contributed by atoms with Gasteiger partial charge < -0.3 is 5.32 Å². The number of rotatable bonds is 5. The van der Waals surface area contributed by atoms with Crippen LogP contribution < -0.4 is 5.32 Å². The van der Waals surface area contributed by atoms with E-state index >= 15 is 0 Å². The van der Waals surface area contributed by atoms with Crippen LogP contribution >= 0.6 is 11.3 Å². The molecule has 0 radical (unpaired) electrons. The Kier molecular flexibility index (Phi) is 5.39. The zero-order valence-electron chi connectivity index (χ0n) is 16.0. The zero-order chi connectivity index (χ0) is 18.8. The first-order valence-corrected chi connectivity index (χ1v) is 9.60. The number of carbonyl (C=O) groups excluding carboxylic acids is 1. The number of benzene rings is 2. The van der Waals surface area contributed by atoms with Crippen molar-refractivity contribution in [2.45, 2.75) is 40.3 Å². The molecular formula is C21H25N3OS. The summed E-state index contributed by atoms with van der Waals surface area (Å²) in [6, 6.07) is 12.1. The average Bonchev–Trinajstić information content (AvgIpc) is 2.99. The Labute approximate surface area is 158 Å². The monoisotopic (exact) mass is 367 g/mol. The second kappa shape index (κ2) is 7.56. The van der Waals surface area contributed by atoms with Crippen LogP contribution in [0.3, 0.4) is 0 Å². The van der Waals surface area contributed by atoms with Gasteiger partial charge in [-0.1, -0.05) is 29.8 Å². The van der Waals surface area contributed by atoms with Gasteiger partial charge in [0.25, 0.3) is 0 Å². The number of nitrogens with one attached hydrogen (secondary N) is 1. The molecule has 1 amide bonds. The van der Waals surface area contributed by atoms with Crippen LogP contribution in [-0.4, -0.2) is 28.9 Å². The van der Waals surface area contributed by atoms with Gasteiger partial charge in [-0.05, 0) is 58.0 Å². The maximum absolute atomic E-state index is 12.7. The van der Waals surface area contributed by atoms with Crippen molar-refractivity contribution in [1.82, 2.24) is 9.88 Å². The Bertz CT molecular complexity index is 891. The molecule has 26 heavy (non-hydrogen) atoms. The molecule has 0 saturated heterocycles. The molecule has 1 atom stereocenters. The van der Waals surface area contributed by atoms with Gasteiger partial charge in [0.05, 0.1) is 22.8 Å². The SMILES string of the molecule is Cc1cc(C)c(NC(=O)[C@H](C)N(C)Cc2nc3ccccc3s2)c(C)c1. The smallest absolute Gasteiger partial charge is 0.241 e. The molecule has 136 valence electrons. The molecule has 0 fully saturated rings. The number of nitrogens with zero attached hydrogens (tertiary/aromatic N) is 2. The van der Waals surface area contributed by atoms with Gasteiger partial charge in [-0.2, -0.15) is 0 Å². The van der Waals surface area contributed by atoms with Gasteiger partial charge in [-0.3, -0.25) is 9.69 Å². The van der Waals surface area contributed by atoms with E-state index in [0.29, 0.717) is 6.54 Å². The van der Waals surface area contributed by atoms with Crippen molar-refractivity contribution < 1.29 is 4.79 Å². The number of hydrogen-bond acceptors (Lipinski definition) is 4. The minimum absolute atomic E-state index is 0.00339. The number of likely N-dealkylation sites (N-methyl/N-ethyl adjacent to an activating group) is 1. The number of thiazole rings is 1. The fourth-order valence-electron chi connectivity index (χ4n) is 3.14. The summed E-state index contributed by atoms with van der Waals surface area (Å²) >= 11 is 1.68. The summed E-state index contributed by atoms with van der Waals surface area (Å²) in [6.45, 7) is 8.72. The number of para-hydroxylation sites is 1. The molecule has 5 heteroatoms. The first-order valence-electron chi connectivity index (χ1n) is 8.78. The summed E-state index contributed by atoms with van der Waals surface area (Å²) in [6.07, 6.45) is 0. The molecule has 1 aromatic heterocycles. The highest BCUT2D eigenvalue weighted by Crippen LogP contribution is 2.24. The van der Waals surface area contributed by atoms with E-state index in [2.05, 4.69) is 35.4 Å². The maximum Gasteiger partial charge on any atom is 0.241 e. The standard InChI is InChI=1S/C21H25N3OS/c1-13-10-14(2)20(15(3)11-13)23-21(25)16(4)24(5)12-19-22-17-8-6-7-9-18(17)26-19/h6-11,16H,12H2,1-5H3,(H,23,25)/t16-/m0/s1. The predicted octanol–water partition coefficient (Wildman–Crippen LogP) is 4.68. The van der Waals surface area contributed by atoms with E-state index in [1.54, 1.807) is 11.3 Å². The van der Waals surface area contributed by atoms with Crippen LogP contribution in [0.2, 0.25) is 0 Å². The van der Waals surface area contributed by atoms with Crippen LogP contribution in [-0.2, 0) is 11.3 Å². The minimum atomic E-state index is -0.248. The van der Waals surface area contributed by atoms with E-state index < -0.39 is 0 Å². The second-order valence-electron chi connectivity index (χ2n) is 6.93. The van der Waals surface area contributed by atoms with E-state index in [0.717, 1.165) is 27.3 Å². The van der Waals surface area contributed by atoms with Crippen LogP contribution in [0.5, 0.6) is 0 Å². The molecule has 4 nitrogen and oxygen atoms in total. The molecule has 0 aliphatic heterocycles. The molecule has 3 aromatic rings. The third-order valence-corrected chi connectivity index (χ3v) is 5.71. The van der Waals surface area contributed by atoms with Gasteiger partial charge in [0.2, 0.25) is 5.91 Å². The van der Waals surface area contributed by atoms with Gasteiger partial charge in [0, 0.05) is 5.69 Å². The van der Waals surface area contributed by atoms with E-state index in [1.165, 1.54) is 10.3 Å². The van der Waals surface area contributed by atoms with Crippen molar-refractivity contribution in [1.29, 1.82) is 0 Å². The van der Waals surface area contributed by atoms with E-state index in [9.17, 15) is 4.79 Å². The number of aryl methyl sites for hydroxylation is 3. The van der Waals surface area contributed by atoms with Crippen molar-refractivity contribution >= 4 is 33.1 Å². The Morgan fingerprint density at radius 2 is 1.85 bits per heavy atom. The van der Waals surface area contributed by atoms with Crippen molar-refractivity contribution in [2.24, 2.45) is 0 Å². The number of amides is 1. The van der Waals surface area contributed by atoms with Crippen molar-refractivity contribution in [3.63, 3.8) is 0 Å². The van der Waals surface area contributed by atoms with Crippen LogP contribution in [0, 0.1) is 20.8 Å². The molecule has 0 bridgehead atoms. The molecule has 2 aromatic carbocycles. The summed E-state index contributed by atoms with van der Waals surface area (Å²) < 4.78 is 1.18. The molecule has 0 spiro atoms. The van der Waals surface area contributed by atoms with Gasteiger partial charge in [0.1, 0.15) is 5.01 Å². The lowest BCUT2D eigenvalue weighted by Gasteiger charge is -2.24. The summed E-state index contributed by atoms with van der Waals surface area (Å²) in [5, 5.41) is 4.13. The zero-order valence-corrected chi connectivity index (χ0v) is 16.8. The summed E-state index contributed by atoms with van der Waals surface area (Å²) in [7, 11) is 1.96. The van der Waals surface area contributed by atoms with Crippen molar-refractivity contribution in [2.75, 3.05) is 12.4 Å². The van der Waals surface area contributed by atoms with Gasteiger partial charge in [-0.25, -0.2) is 4.98 Å². The topological polar surface area (TPSA) is 45.2 Å². The third-order valence-electron chi connectivity index (χ3n) is 4.69. The van der Waals surface area contributed by atoms with Crippen molar-refractivity contribution in [3.05, 3.63) is 58.1 Å².